The molecule has 0 aromatic heterocycles. The monoisotopic (exact) mass is 348 g/mol. The summed E-state index contributed by atoms with van der Waals surface area (Å²) in [5.41, 5.74) is 0. The fraction of sp³-hybridized carbons (Fsp3) is 0.714. The van der Waals surface area contributed by atoms with Crippen LogP contribution in [0.4, 0.5) is 0 Å². The van der Waals surface area contributed by atoms with Crippen LogP contribution in [-0.2, 0) is 42.9 Å². The average Bonchev–Trinajstić information content (AvgIpc) is 2.42. The van der Waals surface area contributed by atoms with Crippen LogP contribution in [0, 0.1) is 0 Å². The minimum atomic E-state index is -1.68. The van der Waals surface area contributed by atoms with Gasteiger partial charge >= 0.3 is 23.9 Å². The highest BCUT2D eigenvalue weighted by Crippen LogP contribution is 2.28. The highest BCUT2D eigenvalue weighted by Gasteiger charge is 2.51. The van der Waals surface area contributed by atoms with Crippen LogP contribution in [0.2, 0.25) is 0 Å². The summed E-state index contributed by atoms with van der Waals surface area (Å²) in [4.78, 5) is 44.9. The zero-order valence-corrected chi connectivity index (χ0v) is 13.7. The fourth-order valence-electron chi connectivity index (χ4n) is 2.21. The fourth-order valence-corrected chi connectivity index (χ4v) is 2.21. The molecule has 1 aliphatic rings. The number of esters is 4. The normalized spacial score (nSPS) is 29.3. The van der Waals surface area contributed by atoms with Gasteiger partial charge in [0.2, 0.25) is 0 Å². The number of hydrogen-bond acceptors (Lipinski definition) is 10. The van der Waals surface area contributed by atoms with Crippen molar-refractivity contribution in [2.75, 3.05) is 6.61 Å². The van der Waals surface area contributed by atoms with Crippen molar-refractivity contribution in [3.8, 4) is 0 Å². The topological polar surface area (TPSA) is 135 Å². The summed E-state index contributed by atoms with van der Waals surface area (Å²) >= 11 is 0. The van der Waals surface area contributed by atoms with E-state index in [0.29, 0.717) is 0 Å². The molecule has 0 spiro atoms. The molecule has 0 aromatic rings. The van der Waals surface area contributed by atoms with Crippen molar-refractivity contribution in [2.24, 2.45) is 0 Å². The van der Waals surface area contributed by atoms with E-state index < -0.39 is 54.6 Å². The molecule has 0 bridgehead atoms. The molecule has 1 N–H and O–H groups in total. The van der Waals surface area contributed by atoms with Crippen molar-refractivity contribution in [1.29, 1.82) is 0 Å². The van der Waals surface area contributed by atoms with E-state index in [0.717, 1.165) is 27.7 Å². The van der Waals surface area contributed by atoms with Crippen molar-refractivity contribution in [3.05, 3.63) is 0 Å². The molecular formula is C14H20O10. The molecule has 24 heavy (non-hydrogen) atoms. The lowest BCUT2D eigenvalue weighted by Crippen LogP contribution is -2.62. The molecule has 0 aromatic carbocycles. The van der Waals surface area contributed by atoms with E-state index in [1.807, 2.05) is 0 Å². The maximum Gasteiger partial charge on any atom is 0.303 e. The Balaban J connectivity index is 3.11. The van der Waals surface area contributed by atoms with Gasteiger partial charge in [-0.15, -0.1) is 0 Å². The van der Waals surface area contributed by atoms with Crippen molar-refractivity contribution < 1.29 is 48.0 Å². The number of carbonyl (C=O) groups excluding carboxylic acids is 4. The summed E-state index contributed by atoms with van der Waals surface area (Å²) < 4.78 is 25.0. The molecular weight excluding hydrogens is 328 g/mol. The zero-order valence-electron chi connectivity index (χ0n) is 13.7. The summed E-state index contributed by atoms with van der Waals surface area (Å²) in [5.74, 6) is -2.87. The second-order valence-corrected chi connectivity index (χ2v) is 5.09. The second-order valence-electron chi connectivity index (χ2n) is 5.09. The molecule has 136 valence electrons. The standard InChI is InChI=1S/C14H20O10/c1-6(15)20-5-10-11(21-7(2)16)12(22-8(3)17)13(14(19)24-10)23-9(4)18/h10-14,19H,5H2,1-4H3/t10?,11?,12-,13+,14?/m1/s1. The third-order valence-corrected chi connectivity index (χ3v) is 2.97. The van der Waals surface area contributed by atoms with Gasteiger partial charge < -0.3 is 28.8 Å². The molecule has 1 rings (SSSR count). The highest BCUT2D eigenvalue weighted by molar-refractivity contribution is 5.68. The Bertz CT molecular complexity index is 502. The molecule has 1 aliphatic heterocycles. The maximum absolute atomic E-state index is 11.3. The molecule has 5 atom stereocenters. The summed E-state index contributed by atoms with van der Waals surface area (Å²) in [5, 5.41) is 10.0. The van der Waals surface area contributed by atoms with E-state index in [1.165, 1.54) is 0 Å². The molecule has 1 heterocycles. The summed E-state index contributed by atoms with van der Waals surface area (Å²) in [6.07, 6.45) is -6.79. The van der Waals surface area contributed by atoms with Crippen molar-refractivity contribution >= 4 is 23.9 Å². The van der Waals surface area contributed by atoms with Gasteiger partial charge in [0.25, 0.3) is 0 Å². The third-order valence-electron chi connectivity index (χ3n) is 2.97. The lowest BCUT2D eigenvalue weighted by atomic mass is 9.98. The molecule has 0 amide bonds. The second kappa shape index (κ2) is 8.60. The quantitative estimate of drug-likeness (QED) is 0.490. The van der Waals surface area contributed by atoms with Crippen LogP contribution in [-0.4, -0.2) is 66.3 Å². The number of carbonyl (C=O) groups is 4. The first-order valence-electron chi connectivity index (χ1n) is 7.10. The predicted molar refractivity (Wildman–Crippen MR) is 74.2 cm³/mol. The SMILES string of the molecule is CC(=O)OCC1OC(O)[C@@H](OC(C)=O)[C@H](OC(C)=O)C1OC(C)=O. The van der Waals surface area contributed by atoms with Gasteiger partial charge in [-0.2, -0.15) is 0 Å². The molecule has 1 saturated heterocycles. The van der Waals surface area contributed by atoms with Gasteiger partial charge in [-0.05, 0) is 0 Å². The molecule has 1 fully saturated rings. The molecule has 10 heteroatoms. The minimum Gasteiger partial charge on any atom is -0.463 e. The first-order chi connectivity index (χ1) is 11.1. The molecule has 0 saturated carbocycles. The van der Waals surface area contributed by atoms with Gasteiger partial charge in [-0.25, -0.2) is 0 Å². The Morgan fingerprint density at radius 3 is 1.71 bits per heavy atom. The molecule has 0 aliphatic carbocycles. The van der Waals surface area contributed by atoms with Crippen molar-refractivity contribution in [1.82, 2.24) is 0 Å². The van der Waals surface area contributed by atoms with Crippen LogP contribution in [0.15, 0.2) is 0 Å². The number of ether oxygens (including phenoxy) is 5. The predicted octanol–water partition coefficient (Wildman–Crippen LogP) is -0.938. The van der Waals surface area contributed by atoms with Gasteiger partial charge in [-0.1, -0.05) is 0 Å². The highest BCUT2D eigenvalue weighted by atomic mass is 16.7. The van der Waals surface area contributed by atoms with E-state index in [9.17, 15) is 24.3 Å². The number of aliphatic hydroxyl groups is 1. The van der Waals surface area contributed by atoms with Crippen LogP contribution in [0.1, 0.15) is 27.7 Å². The van der Waals surface area contributed by atoms with E-state index in [-0.39, 0.29) is 6.61 Å². The van der Waals surface area contributed by atoms with E-state index >= 15 is 0 Å². The van der Waals surface area contributed by atoms with Gasteiger partial charge in [0.05, 0.1) is 0 Å². The average molecular weight is 348 g/mol. The van der Waals surface area contributed by atoms with Crippen molar-refractivity contribution in [3.63, 3.8) is 0 Å². The van der Waals surface area contributed by atoms with Gasteiger partial charge in [-0.3, -0.25) is 19.2 Å². The maximum atomic E-state index is 11.3. The number of aliphatic hydroxyl groups excluding tert-OH is 1. The number of rotatable bonds is 5. The van der Waals surface area contributed by atoms with Crippen LogP contribution >= 0.6 is 0 Å². The minimum absolute atomic E-state index is 0.366. The summed E-state index contributed by atoms with van der Waals surface area (Å²) in [6.45, 7) is 4.09. The van der Waals surface area contributed by atoms with Gasteiger partial charge in [0.1, 0.15) is 12.7 Å². The smallest absolute Gasteiger partial charge is 0.303 e. The lowest BCUT2D eigenvalue weighted by Gasteiger charge is -2.42. The first kappa shape index (κ1) is 19.8. The lowest BCUT2D eigenvalue weighted by molar-refractivity contribution is -0.296. The van der Waals surface area contributed by atoms with E-state index in [2.05, 4.69) is 0 Å². The Morgan fingerprint density at radius 2 is 1.25 bits per heavy atom. The van der Waals surface area contributed by atoms with Gasteiger partial charge in [0.15, 0.2) is 24.6 Å². The Morgan fingerprint density at radius 1 is 0.792 bits per heavy atom. The third kappa shape index (κ3) is 5.78. The zero-order chi connectivity index (χ0) is 18.4. The van der Waals surface area contributed by atoms with E-state index in [1.54, 1.807) is 0 Å². The Kier molecular flexibility index (Phi) is 7.11. The molecule has 10 nitrogen and oxygen atoms in total. The van der Waals surface area contributed by atoms with E-state index in [4.69, 9.17) is 23.7 Å². The van der Waals surface area contributed by atoms with Crippen molar-refractivity contribution in [2.45, 2.75) is 58.4 Å². The molecule has 0 radical (unpaired) electrons. The first-order valence-corrected chi connectivity index (χ1v) is 7.10. The summed E-state index contributed by atoms with van der Waals surface area (Å²) in [6, 6.07) is 0. The largest absolute Gasteiger partial charge is 0.463 e. The summed E-state index contributed by atoms with van der Waals surface area (Å²) in [7, 11) is 0. The Labute approximate surface area is 137 Å². The number of hydrogen-bond donors (Lipinski definition) is 1. The van der Waals surface area contributed by atoms with Gasteiger partial charge in [0, 0.05) is 27.7 Å². The van der Waals surface area contributed by atoms with Crippen LogP contribution in [0.5, 0.6) is 0 Å². The van der Waals surface area contributed by atoms with Crippen LogP contribution in [0.25, 0.3) is 0 Å². The Hall–Kier alpha value is -2.20. The van der Waals surface area contributed by atoms with Crippen LogP contribution in [0.3, 0.4) is 0 Å². The molecule has 3 unspecified atom stereocenters. The van der Waals surface area contributed by atoms with Crippen LogP contribution < -0.4 is 0 Å².